The number of thiophene rings is 1. The van der Waals surface area contributed by atoms with Crippen molar-refractivity contribution in [3.8, 4) is 0 Å². The third kappa shape index (κ3) is 7.13. The number of nitrogens with zero attached hydrogens (tertiary/aromatic N) is 1. The van der Waals surface area contributed by atoms with E-state index in [1.54, 1.807) is 18.4 Å². The van der Waals surface area contributed by atoms with E-state index in [1.165, 1.54) is 5.56 Å². The van der Waals surface area contributed by atoms with Gasteiger partial charge in [0.05, 0.1) is 0 Å². The Hall–Kier alpha value is -1.56. The van der Waals surface area contributed by atoms with Crippen molar-refractivity contribution >= 4 is 23.3 Å². The van der Waals surface area contributed by atoms with Gasteiger partial charge in [-0.15, -0.1) is 0 Å². The SMILES string of the molecule is CN=C(NCC(=O)OC(C)(C)C)NCC(C)c1ccsc1. The van der Waals surface area contributed by atoms with Gasteiger partial charge < -0.3 is 15.4 Å². The van der Waals surface area contributed by atoms with Crippen molar-refractivity contribution in [3.63, 3.8) is 0 Å². The normalized spacial score (nSPS) is 13.7. The predicted octanol–water partition coefficient (Wildman–Crippen LogP) is 2.36. The van der Waals surface area contributed by atoms with Crippen LogP contribution in [0, 0.1) is 0 Å². The summed E-state index contributed by atoms with van der Waals surface area (Å²) in [4.78, 5) is 15.7. The van der Waals surface area contributed by atoms with Crippen molar-refractivity contribution in [1.29, 1.82) is 0 Å². The van der Waals surface area contributed by atoms with Crippen LogP contribution in [0.3, 0.4) is 0 Å². The van der Waals surface area contributed by atoms with Crippen molar-refractivity contribution in [3.05, 3.63) is 22.4 Å². The molecule has 1 rings (SSSR count). The molecular formula is C15H25N3O2S. The maximum Gasteiger partial charge on any atom is 0.325 e. The van der Waals surface area contributed by atoms with Crippen LogP contribution < -0.4 is 10.6 Å². The van der Waals surface area contributed by atoms with E-state index >= 15 is 0 Å². The van der Waals surface area contributed by atoms with Crippen molar-refractivity contribution in [1.82, 2.24) is 10.6 Å². The molecule has 0 aliphatic heterocycles. The minimum atomic E-state index is -0.469. The second-order valence-electron chi connectivity index (χ2n) is 5.85. The maximum absolute atomic E-state index is 11.6. The molecule has 0 radical (unpaired) electrons. The van der Waals surface area contributed by atoms with Crippen LogP contribution in [-0.2, 0) is 9.53 Å². The average Bonchev–Trinajstić information content (AvgIpc) is 2.90. The van der Waals surface area contributed by atoms with Crippen LogP contribution in [0.1, 0.15) is 39.2 Å². The number of guanidine groups is 1. The lowest BCUT2D eigenvalue weighted by molar-refractivity contribution is -0.153. The second-order valence-corrected chi connectivity index (χ2v) is 6.63. The zero-order valence-electron chi connectivity index (χ0n) is 13.4. The lowest BCUT2D eigenvalue weighted by atomic mass is 10.1. The fraction of sp³-hybridized carbons (Fsp3) is 0.600. The molecule has 0 aliphatic rings. The second kappa shape index (κ2) is 8.02. The summed E-state index contributed by atoms with van der Waals surface area (Å²) in [6.45, 7) is 8.55. The lowest BCUT2D eigenvalue weighted by Gasteiger charge is -2.20. The molecule has 1 unspecified atom stereocenters. The van der Waals surface area contributed by atoms with Gasteiger partial charge in [0, 0.05) is 13.6 Å². The Kier molecular flexibility index (Phi) is 6.68. The minimum absolute atomic E-state index is 0.101. The van der Waals surface area contributed by atoms with Gasteiger partial charge in [0.15, 0.2) is 5.96 Å². The molecule has 1 aromatic heterocycles. The molecule has 1 heterocycles. The highest BCUT2D eigenvalue weighted by Crippen LogP contribution is 2.16. The molecule has 6 heteroatoms. The van der Waals surface area contributed by atoms with E-state index in [9.17, 15) is 4.79 Å². The Morgan fingerprint density at radius 1 is 1.43 bits per heavy atom. The number of carbonyl (C=O) groups is 1. The Morgan fingerprint density at radius 3 is 2.67 bits per heavy atom. The molecule has 5 nitrogen and oxygen atoms in total. The van der Waals surface area contributed by atoms with E-state index in [-0.39, 0.29) is 12.5 Å². The van der Waals surface area contributed by atoms with E-state index < -0.39 is 5.60 Å². The maximum atomic E-state index is 11.6. The Morgan fingerprint density at radius 2 is 2.14 bits per heavy atom. The Labute approximate surface area is 130 Å². The third-order valence-electron chi connectivity index (χ3n) is 2.73. The van der Waals surface area contributed by atoms with Crippen LogP contribution in [0.5, 0.6) is 0 Å². The zero-order valence-corrected chi connectivity index (χ0v) is 14.2. The summed E-state index contributed by atoms with van der Waals surface area (Å²) in [6, 6.07) is 2.12. The highest BCUT2D eigenvalue weighted by Gasteiger charge is 2.16. The summed E-state index contributed by atoms with van der Waals surface area (Å²) in [7, 11) is 1.68. The number of carbonyl (C=O) groups excluding carboxylic acids is 1. The number of hydrogen-bond donors (Lipinski definition) is 2. The quantitative estimate of drug-likeness (QED) is 0.498. The summed E-state index contributed by atoms with van der Waals surface area (Å²) in [5.41, 5.74) is 0.832. The summed E-state index contributed by atoms with van der Waals surface area (Å²) >= 11 is 1.69. The largest absolute Gasteiger partial charge is 0.459 e. The number of aliphatic imine (C=N–C) groups is 1. The molecule has 0 saturated carbocycles. The van der Waals surface area contributed by atoms with Crippen molar-refractivity contribution in [2.75, 3.05) is 20.1 Å². The van der Waals surface area contributed by atoms with Crippen molar-refractivity contribution in [2.45, 2.75) is 39.2 Å². The monoisotopic (exact) mass is 311 g/mol. The molecule has 0 spiro atoms. The smallest absolute Gasteiger partial charge is 0.325 e. The highest BCUT2D eigenvalue weighted by molar-refractivity contribution is 7.07. The van der Waals surface area contributed by atoms with Gasteiger partial charge in [-0.1, -0.05) is 6.92 Å². The molecule has 0 bridgehead atoms. The molecule has 21 heavy (non-hydrogen) atoms. The van der Waals surface area contributed by atoms with Gasteiger partial charge in [-0.05, 0) is 49.1 Å². The molecule has 118 valence electrons. The zero-order chi connectivity index (χ0) is 15.9. The summed E-state index contributed by atoms with van der Waals surface area (Å²) in [6.07, 6.45) is 0. The van der Waals surface area contributed by atoms with Gasteiger partial charge in [-0.3, -0.25) is 9.79 Å². The number of nitrogens with one attached hydrogen (secondary N) is 2. The number of hydrogen-bond acceptors (Lipinski definition) is 4. The van der Waals surface area contributed by atoms with Crippen LogP contribution in [0.2, 0.25) is 0 Å². The van der Waals surface area contributed by atoms with E-state index in [1.807, 2.05) is 20.8 Å². The standard InChI is InChI=1S/C15H25N3O2S/c1-11(12-6-7-21-10-12)8-17-14(16-5)18-9-13(19)20-15(2,3)4/h6-7,10-11H,8-9H2,1-5H3,(H2,16,17,18). The van der Waals surface area contributed by atoms with Crippen molar-refractivity contribution in [2.24, 2.45) is 4.99 Å². The van der Waals surface area contributed by atoms with Gasteiger partial charge in [0.2, 0.25) is 0 Å². The van der Waals surface area contributed by atoms with Crippen LogP contribution in [0.25, 0.3) is 0 Å². The first kappa shape index (κ1) is 17.5. The molecule has 0 fully saturated rings. The first-order valence-electron chi connectivity index (χ1n) is 7.00. The predicted molar refractivity (Wildman–Crippen MR) is 87.9 cm³/mol. The van der Waals surface area contributed by atoms with Gasteiger partial charge in [-0.2, -0.15) is 11.3 Å². The Bertz CT molecular complexity index is 464. The van der Waals surface area contributed by atoms with Gasteiger partial charge in [0.25, 0.3) is 0 Å². The van der Waals surface area contributed by atoms with Crippen LogP contribution >= 0.6 is 11.3 Å². The molecule has 2 N–H and O–H groups in total. The van der Waals surface area contributed by atoms with E-state index in [0.29, 0.717) is 11.9 Å². The van der Waals surface area contributed by atoms with Crippen molar-refractivity contribution < 1.29 is 9.53 Å². The topological polar surface area (TPSA) is 62.7 Å². The number of esters is 1. The minimum Gasteiger partial charge on any atom is -0.459 e. The van der Waals surface area contributed by atoms with E-state index in [4.69, 9.17) is 4.74 Å². The average molecular weight is 311 g/mol. The third-order valence-corrected chi connectivity index (χ3v) is 3.43. The molecule has 0 saturated heterocycles. The van der Waals surface area contributed by atoms with E-state index in [2.05, 4.69) is 39.4 Å². The fourth-order valence-electron chi connectivity index (χ4n) is 1.68. The molecule has 0 aliphatic carbocycles. The van der Waals surface area contributed by atoms with Gasteiger partial charge in [-0.25, -0.2) is 0 Å². The molecule has 1 aromatic rings. The number of rotatable bonds is 5. The van der Waals surface area contributed by atoms with E-state index in [0.717, 1.165) is 6.54 Å². The fourth-order valence-corrected chi connectivity index (χ4v) is 2.46. The summed E-state index contributed by atoms with van der Waals surface area (Å²) in [5.74, 6) is 0.690. The lowest BCUT2D eigenvalue weighted by Crippen LogP contribution is -2.42. The van der Waals surface area contributed by atoms with Crippen LogP contribution in [0.15, 0.2) is 21.8 Å². The molecule has 0 aromatic carbocycles. The summed E-state index contributed by atoms with van der Waals surface area (Å²) < 4.78 is 5.23. The molecular weight excluding hydrogens is 286 g/mol. The molecule has 0 amide bonds. The first-order valence-corrected chi connectivity index (χ1v) is 7.94. The molecule has 1 atom stereocenters. The summed E-state index contributed by atoms with van der Waals surface area (Å²) in [5, 5.41) is 10.4. The van der Waals surface area contributed by atoms with Crippen LogP contribution in [-0.4, -0.2) is 37.7 Å². The highest BCUT2D eigenvalue weighted by atomic mass is 32.1. The van der Waals surface area contributed by atoms with Gasteiger partial charge >= 0.3 is 5.97 Å². The van der Waals surface area contributed by atoms with Crippen LogP contribution in [0.4, 0.5) is 0 Å². The number of ether oxygens (including phenoxy) is 1. The van der Waals surface area contributed by atoms with Gasteiger partial charge in [0.1, 0.15) is 12.1 Å². The first-order chi connectivity index (χ1) is 9.81. The Balaban J connectivity index is 2.34.